The van der Waals surface area contributed by atoms with Crippen molar-refractivity contribution in [3.05, 3.63) is 48.6 Å². The highest BCUT2D eigenvalue weighted by atomic mass is 16.4. The Labute approximate surface area is 123 Å². The van der Waals surface area contributed by atoms with Crippen molar-refractivity contribution < 1.29 is 9.90 Å². The third-order valence-corrected chi connectivity index (χ3v) is 2.90. The van der Waals surface area contributed by atoms with Gasteiger partial charge in [-0.3, -0.25) is 0 Å². The van der Waals surface area contributed by atoms with Crippen molar-refractivity contribution in [3.8, 4) is 0 Å². The molecule has 0 aliphatic heterocycles. The Balaban J connectivity index is 3.41. The fourth-order valence-corrected chi connectivity index (χ4v) is 1.79. The lowest BCUT2D eigenvalue weighted by Crippen LogP contribution is -1.84. The summed E-state index contributed by atoms with van der Waals surface area (Å²) < 4.78 is 0. The standard InChI is InChI=1S/C18H28O2/c1-2-3-4-5-6-7-8-9-10-11-12-13-14-15-16-17-18(19)20/h10-17H,2-9H2,1H3,(H,19,20)/b11-10+,13-12+,15-14+,17-16+. The van der Waals surface area contributed by atoms with E-state index in [2.05, 4.69) is 13.0 Å². The number of allylic oxidation sites excluding steroid dienone is 7. The molecule has 112 valence electrons. The zero-order valence-electron chi connectivity index (χ0n) is 12.6. The van der Waals surface area contributed by atoms with E-state index in [0.29, 0.717) is 0 Å². The van der Waals surface area contributed by atoms with E-state index >= 15 is 0 Å². The molecular formula is C18H28O2. The third-order valence-electron chi connectivity index (χ3n) is 2.90. The zero-order valence-corrected chi connectivity index (χ0v) is 12.6. The van der Waals surface area contributed by atoms with Gasteiger partial charge in [0, 0.05) is 6.08 Å². The van der Waals surface area contributed by atoms with Gasteiger partial charge >= 0.3 is 5.97 Å². The van der Waals surface area contributed by atoms with Crippen LogP contribution in [-0.4, -0.2) is 11.1 Å². The van der Waals surface area contributed by atoms with Crippen molar-refractivity contribution in [2.45, 2.75) is 58.3 Å². The Bertz CT molecular complexity index is 335. The quantitative estimate of drug-likeness (QED) is 0.293. The Morgan fingerprint density at radius 3 is 2.00 bits per heavy atom. The predicted octanol–water partition coefficient (Wildman–Crippen LogP) is 5.44. The first-order chi connectivity index (χ1) is 9.77. The lowest BCUT2D eigenvalue weighted by molar-refractivity contribution is -0.131. The molecule has 0 amide bonds. The molecule has 1 N–H and O–H groups in total. The third kappa shape index (κ3) is 16.4. The maximum absolute atomic E-state index is 10.2. The fourth-order valence-electron chi connectivity index (χ4n) is 1.79. The maximum atomic E-state index is 10.2. The lowest BCUT2D eigenvalue weighted by Gasteiger charge is -1.98. The number of carboxylic acid groups (broad SMARTS) is 1. The highest BCUT2D eigenvalue weighted by Crippen LogP contribution is 2.08. The van der Waals surface area contributed by atoms with Gasteiger partial charge in [-0.1, -0.05) is 88.0 Å². The minimum Gasteiger partial charge on any atom is -0.478 e. The van der Waals surface area contributed by atoms with Crippen LogP contribution >= 0.6 is 0 Å². The summed E-state index contributed by atoms with van der Waals surface area (Å²) in [6.07, 6.45) is 24.8. The van der Waals surface area contributed by atoms with Gasteiger partial charge in [-0.25, -0.2) is 4.79 Å². The van der Waals surface area contributed by atoms with Crippen LogP contribution in [0, 0.1) is 0 Å². The molecule has 0 rings (SSSR count). The molecule has 0 unspecified atom stereocenters. The molecule has 0 fully saturated rings. The van der Waals surface area contributed by atoms with Crippen molar-refractivity contribution in [2.75, 3.05) is 0 Å². The van der Waals surface area contributed by atoms with Crippen LogP contribution in [0.2, 0.25) is 0 Å². The summed E-state index contributed by atoms with van der Waals surface area (Å²) in [7, 11) is 0. The number of hydrogen-bond acceptors (Lipinski definition) is 1. The van der Waals surface area contributed by atoms with Gasteiger partial charge in [0.15, 0.2) is 0 Å². The molecule has 0 aromatic carbocycles. The molecule has 2 nitrogen and oxygen atoms in total. The number of carbonyl (C=O) groups is 1. The van der Waals surface area contributed by atoms with Crippen molar-refractivity contribution in [1.29, 1.82) is 0 Å². The second kappa shape index (κ2) is 15.5. The predicted molar refractivity (Wildman–Crippen MR) is 86.8 cm³/mol. The van der Waals surface area contributed by atoms with Gasteiger partial charge in [0.1, 0.15) is 0 Å². The van der Waals surface area contributed by atoms with Crippen LogP contribution < -0.4 is 0 Å². The van der Waals surface area contributed by atoms with Crippen LogP contribution in [0.4, 0.5) is 0 Å². The van der Waals surface area contributed by atoms with Gasteiger partial charge in [0.2, 0.25) is 0 Å². The lowest BCUT2D eigenvalue weighted by atomic mass is 10.1. The van der Waals surface area contributed by atoms with Crippen LogP contribution in [-0.2, 0) is 4.79 Å². The van der Waals surface area contributed by atoms with Crippen LogP contribution in [0.1, 0.15) is 58.3 Å². The molecule has 0 heterocycles. The van der Waals surface area contributed by atoms with E-state index < -0.39 is 5.97 Å². The summed E-state index contributed by atoms with van der Waals surface area (Å²) in [5.41, 5.74) is 0. The average Bonchev–Trinajstić information content (AvgIpc) is 2.43. The zero-order chi connectivity index (χ0) is 14.9. The average molecular weight is 276 g/mol. The normalized spacial score (nSPS) is 12.4. The molecule has 0 saturated carbocycles. The van der Waals surface area contributed by atoms with E-state index in [1.807, 2.05) is 24.3 Å². The summed E-state index contributed by atoms with van der Waals surface area (Å²) >= 11 is 0. The Kier molecular flexibility index (Phi) is 14.3. The van der Waals surface area contributed by atoms with Crippen LogP contribution in [0.25, 0.3) is 0 Å². The number of aliphatic carboxylic acids is 1. The molecular weight excluding hydrogens is 248 g/mol. The first-order valence-electron chi connectivity index (χ1n) is 7.67. The van der Waals surface area contributed by atoms with E-state index in [9.17, 15) is 4.79 Å². The van der Waals surface area contributed by atoms with E-state index in [1.54, 1.807) is 6.08 Å². The molecule has 0 radical (unpaired) electrons. The second-order valence-corrected chi connectivity index (χ2v) is 4.81. The molecule has 20 heavy (non-hydrogen) atoms. The number of carboxylic acids is 1. The summed E-state index contributed by atoms with van der Waals surface area (Å²) in [5.74, 6) is -0.923. The summed E-state index contributed by atoms with van der Waals surface area (Å²) in [6.45, 7) is 2.25. The Morgan fingerprint density at radius 2 is 1.35 bits per heavy atom. The topological polar surface area (TPSA) is 37.3 Å². The highest BCUT2D eigenvalue weighted by Gasteiger charge is 1.88. The number of hydrogen-bond donors (Lipinski definition) is 1. The van der Waals surface area contributed by atoms with Crippen molar-refractivity contribution >= 4 is 5.97 Å². The van der Waals surface area contributed by atoms with Gasteiger partial charge in [0.05, 0.1) is 0 Å². The summed E-state index contributed by atoms with van der Waals surface area (Å²) in [4.78, 5) is 10.2. The summed E-state index contributed by atoms with van der Waals surface area (Å²) in [5, 5.41) is 8.37. The molecule has 2 heteroatoms. The molecule has 0 saturated heterocycles. The van der Waals surface area contributed by atoms with E-state index in [0.717, 1.165) is 12.5 Å². The van der Waals surface area contributed by atoms with Crippen LogP contribution in [0.15, 0.2) is 48.6 Å². The molecule has 0 bridgehead atoms. The Morgan fingerprint density at radius 1 is 0.800 bits per heavy atom. The number of unbranched alkanes of at least 4 members (excludes halogenated alkanes) is 7. The molecule has 0 aromatic heterocycles. The van der Waals surface area contributed by atoms with Crippen LogP contribution in [0.3, 0.4) is 0 Å². The molecule has 0 aromatic rings. The first-order valence-corrected chi connectivity index (χ1v) is 7.67. The number of rotatable bonds is 12. The molecule has 0 atom stereocenters. The van der Waals surface area contributed by atoms with Gasteiger partial charge in [-0.2, -0.15) is 0 Å². The van der Waals surface area contributed by atoms with Gasteiger partial charge in [-0.15, -0.1) is 0 Å². The SMILES string of the molecule is CCCCCCCCC/C=C/C=C/C=C/C=C/C(=O)O. The molecule has 0 aliphatic carbocycles. The fraction of sp³-hybridized carbons (Fsp3) is 0.500. The summed E-state index contributed by atoms with van der Waals surface area (Å²) in [6, 6.07) is 0. The van der Waals surface area contributed by atoms with Gasteiger partial charge in [-0.05, 0) is 12.8 Å². The largest absolute Gasteiger partial charge is 0.478 e. The van der Waals surface area contributed by atoms with Gasteiger partial charge in [0.25, 0.3) is 0 Å². The van der Waals surface area contributed by atoms with Gasteiger partial charge < -0.3 is 5.11 Å². The van der Waals surface area contributed by atoms with Crippen molar-refractivity contribution in [2.24, 2.45) is 0 Å². The molecule has 0 spiro atoms. The maximum Gasteiger partial charge on any atom is 0.328 e. The Hall–Kier alpha value is -1.57. The molecule has 0 aliphatic rings. The van der Waals surface area contributed by atoms with Crippen molar-refractivity contribution in [3.63, 3.8) is 0 Å². The smallest absolute Gasteiger partial charge is 0.328 e. The first kappa shape index (κ1) is 18.4. The van der Waals surface area contributed by atoms with E-state index in [1.165, 1.54) is 51.0 Å². The highest BCUT2D eigenvalue weighted by molar-refractivity contribution is 5.80. The second-order valence-electron chi connectivity index (χ2n) is 4.81. The van der Waals surface area contributed by atoms with E-state index in [-0.39, 0.29) is 0 Å². The van der Waals surface area contributed by atoms with E-state index in [4.69, 9.17) is 5.11 Å². The van der Waals surface area contributed by atoms with Crippen molar-refractivity contribution in [1.82, 2.24) is 0 Å². The minimum absolute atomic E-state index is 0.923. The minimum atomic E-state index is -0.923. The van der Waals surface area contributed by atoms with Crippen LogP contribution in [0.5, 0.6) is 0 Å². The monoisotopic (exact) mass is 276 g/mol.